The van der Waals surface area contributed by atoms with Gasteiger partial charge in [0.1, 0.15) is 0 Å². The molecular formula is C11H26N2. The first kappa shape index (κ1) is 12.9. The van der Waals surface area contributed by atoms with Crippen LogP contribution in [0, 0.1) is 0 Å². The Labute approximate surface area is 83.7 Å². The van der Waals surface area contributed by atoms with E-state index in [2.05, 4.69) is 51.9 Å². The smallest absolute Gasteiger partial charge is 0.0167 e. The van der Waals surface area contributed by atoms with Gasteiger partial charge in [-0.2, -0.15) is 0 Å². The third-order valence-corrected chi connectivity index (χ3v) is 3.03. The number of hydrogen-bond donors (Lipinski definition) is 1. The van der Waals surface area contributed by atoms with Gasteiger partial charge in [0.15, 0.2) is 0 Å². The molecule has 0 aromatic heterocycles. The molecule has 0 saturated heterocycles. The van der Waals surface area contributed by atoms with E-state index in [1.165, 1.54) is 6.42 Å². The molecule has 1 atom stereocenters. The van der Waals surface area contributed by atoms with E-state index in [1.54, 1.807) is 0 Å². The third kappa shape index (κ3) is 4.10. The van der Waals surface area contributed by atoms with Crippen LogP contribution >= 0.6 is 0 Å². The van der Waals surface area contributed by atoms with Gasteiger partial charge >= 0.3 is 0 Å². The van der Waals surface area contributed by atoms with Gasteiger partial charge in [-0.25, -0.2) is 0 Å². The minimum Gasteiger partial charge on any atom is -0.317 e. The first-order chi connectivity index (χ1) is 5.81. The van der Waals surface area contributed by atoms with Crippen molar-refractivity contribution in [2.75, 3.05) is 14.1 Å². The summed E-state index contributed by atoms with van der Waals surface area (Å²) in [7, 11) is 4.23. The lowest BCUT2D eigenvalue weighted by Crippen LogP contribution is -2.48. The fraction of sp³-hybridized carbons (Fsp3) is 1.00. The van der Waals surface area contributed by atoms with Gasteiger partial charge in [0.05, 0.1) is 0 Å². The summed E-state index contributed by atoms with van der Waals surface area (Å²) < 4.78 is 0. The van der Waals surface area contributed by atoms with E-state index in [0.717, 1.165) is 0 Å². The molecule has 2 nitrogen and oxygen atoms in total. The second-order valence-corrected chi connectivity index (χ2v) is 4.91. The van der Waals surface area contributed by atoms with E-state index in [0.29, 0.717) is 12.1 Å². The van der Waals surface area contributed by atoms with E-state index in [1.807, 2.05) is 7.05 Å². The first-order valence-corrected chi connectivity index (χ1v) is 5.21. The van der Waals surface area contributed by atoms with Crippen molar-refractivity contribution in [2.45, 2.75) is 58.7 Å². The standard InChI is InChI=1S/C11H26N2/c1-9(2)13(7)11(4,5)8-10(3)12-6/h9-10,12H,8H2,1-7H3. The molecule has 1 unspecified atom stereocenters. The molecule has 13 heavy (non-hydrogen) atoms. The summed E-state index contributed by atoms with van der Waals surface area (Å²) in [5.41, 5.74) is 0.274. The molecule has 0 aliphatic rings. The highest BCUT2D eigenvalue weighted by Gasteiger charge is 2.26. The van der Waals surface area contributed by atoms with Crippen molar-refractivity contribution in [1.29, 1.82) is 0 Å². The Balaban J connectivity index is 4.21. The molecule has 0 rings (SSSR count). The first-order valence-electron chi connectivity index (χ1n) is 5.21. The molecule has 0 aromatic carbocycles. The van der Waals surface area contributed by atoms with Gasteiger partial charge in [0.2, 0.25) is 0 Å². The van der Waals surface area contributed by atoms with Crippen LogP contribution in [0.4, 0.5) is 0 Å². The van der Waals surface area contributed by atoms with Crippen LogP contribution in [0.15, 0.2) is 0 Å². The van der Waals surface area contributed by atoms with Crippen LogP contribution in [0.5, 0.6) is 0 Å². The normalized spacial score (nSPS) is 15.5. The van der Waals surface area contributed by atoms with E-state index in [9.17, 15) is 0 Å². The predicted octanol–water partition coefficient (Wildman–Crippen LogP) is 2.10. The molecule has 2 heteroatoms. The van der Waals surface area contributed by atoms with Crippen LogP contribution in [-0.2, 0) is 0 Å². The molecule has 0 amide bonds. The van der Waals surface area contributed by atoms with Crippen molar-refractivity contribution < 1.29 is 0 Å². The Hall–Kier alpha value is -0.0800. The Morgan fingerprint density at radius 3 is 2.00 bits per heavy atom. The minimum atomic E-state index is 0.274. The number of nitrogens with zero attached hydrogens (tertiary/aromatic N) is 1. The summed E-state index contributed by atoms with van der Waals surface area (Å²) in [6, 6.07) is 1.19. The van der Waals surface area contributed by atoms with Crippen LogP contribution in [0.3, 0.4) is 0 Å². The molecule has 0 aliphatic carbocycles. The van der Waals surface area contributed by atoms with E-state index in [4.69, 9.17) is 0 Å². The van der Waals surface area contributed by atoms with Gasteiger partial charge in [-0.1, -0.05) is 0 Å². The average Bonchev–Trinajstić information content (AvgIpc) is 2.01. The van der Waals surface area contributed by atoms with Crippen LogP contribution < -0.4 is 5.32 Å². The molecule has 0 fully saturated rings. The monoisotopic (exact) mass is 186 g/mol. The van der Waals surface area contributed by atoms with Crippen molar-refractivity contribution in [1.82, 2.24) is 10.2 Å². The molecule has 0 spiro atoms. The van der Waals surface area contributed by atoms with Crippen molar-refractivity contribution in [3.63, 3.8) is 0 Å². The highest BCUT2D eigenvalue weighted by molar-refractivity contribution is 4.84. The van der Waals surface area contributed by atoms with Crippen LogP contribution in [0.1, 0.15) is 41.0 Å². The van der Waals surface area contributed by atoms with Gasteiger partial charge < -0.3 is 5.32 Å². The fourth-order valence-electron chi connectivity index (χ4n) is 1.69. The molecule has 80 valence electrons. The number of nitrogens with one attached hydrogen (secondary N) is 1. The Morgan fingerprint density at radius 2 is 1.69 bits per heavy atom. The lowest BCUT2D eigenvalue weighted by Gasteiger charge is -2.40. The molecule has 0 radical (unpaired) electrons. The summed E-state index contributed by atoms with van der Waals surface area (Å²) in [6.07, 6.45) is 1.18. The molecule has 1 N–H and O–H groups in total. The fourth-order valence-corrected chi connectivity index (χ4v) is 1.69. The lowest BCUT2D eigenvalue weighted by molar-refractivity contribution is 0.101. The SMILES string of the molecule is CNC(C)CC(C)(C)N(C)C(C)C. The molecule has 0 heterocycles. The lowest BCUT2D eigenvalue weighted by atomic mass is 9.93. The van der Waals surface area contributed by atoms with Gasteiger partial charge in [-0.05, 0) is 55.1 Å². The maximum atomic E-state index is 3.29. The third-order valence-electron chi connectivity index (χ3n) is 3.03. The quantitative estimate of drug-likeness (QED) is 0.707. The largest absolute Gasteiger partial charge is 0.317 e. The summed E-state index contributed by atoms with van der Waals surface area (Å²) in [5.74, 6) is 0. The molecule has 0 aliphatic heterocycles. The maximum absolute atomic E-state index is 3.29. The molecular weight excluding hydrogens is 160 g/mol. The van der Waals surface area contributed by atoms with Crippen molar-refractivity contribution in [3.8, 4) is 0 Å². The van der Waals surface area contributed by atoms with Crippen molar-refractivity contribution in [2.24, 2.45) is 0 Å². The Bertz CT molecular complexity index is 141. The zero-order chi connectivity index (χ0) is 10.6. The van der Waals surface area contributed by atoms with E-state index >= 15 is 0 Å². The van der Waals surface area contributed by atoms with Crippen LogP contribution in [0.2, 0.25) is 0 Å². The summed E-state index contributed by atoms with van der Waals surface area (Å²) in [6.45, 7) is 11.3. The van der Waals surface area contributed by atoms with E-state index in [-0.39, 0.29) is 5.54 Å². The van der Waals surface area contributed by atoms with E-state index < -0.39 is 0 Å². The van der Waals surface area contributed by atoms with Crippen LogP contribution in [0.25, 0.3) is 0 Å². The Kier molecular flexibility index (Phi) is 4.93. The Morgan fingerprint density at radius 1 is 1.23 bits per heavy atom. The minimum absolute atomic E-state index is 0.274. The van der Waals surface area contributed by atoms with Crippen molar-refractivity contribution in [3.05, 3.63) is 0 Å². The highest BCUT2D eigenvalue weighted by Crippen LogP contribution is 2.21. The second kappa shape index (κ2) is 4.97. The van der Waals surface area contributed by atoms with Gasteiger partial charge in [-0.3, -0.25) is 4.90 Å². The maximum Gasteiger partial charge on any atom is 0.0167 e. The number of rotatable bonds is 5. The van der Waals surface area contributed by atoms with Gasteiger partial charge in [-0.15, -0.1) is 0 Å². The topological polar surface area (TPSA) is 15.3 Å². The number of hydrogen-bond acceptors (Lipinski definition) is 2. The average molecular weight is 186 g/mol. The molecule has 0 aromatic rings. The van der Waals surface area contributed by atoms with Crippen molar-refractivity contribution >= 4 is 0 Å². The zero-order valence-corrected chi connectivity index (χ0v) is 10.3. The second-order valence-electron chi connectivity index (χ2n) is 4.91. The van der Waals surface area contributed by atoms with Gasteiger partial charge in [0, 0.05) is 17.6 Å². The molecule has 0 bridgehead atoms. The zero-order valence-electron chi connectivity index (χ0n) is 10.3. The predicted molar refractivity (Wildman–Crippen MR) is 60.1 cm³/mol. The summed E-state index contributed by atoms with van der Waals surface area (Å²) >= 11 is 0. The summed E-state index contributed by atoms with van der Waals surface area (Å²) in [5, 5.41) is 3.29. The molecule has 0 saturated carbocycles. The van der Waals surface area contributed by atoms with Gasteiger partial charge in [0.25, 0.3) is 0 Å². The van der Waals surface area contributed by atoms with Crippen LogP contribution in [-0.4, -0.2) is 36.6 Å². The highest BCUT2D eigenvalue weighted by atomic mass is 15.2. The summed E-state index contributed by atoms with van der Waals surface area (Å²) in [4.78, 5) is 2.43.